The molecule has 7 heteroatoms. The van der Waals surface area contributed by atoms with Crippen molar-refractivity contribution in [3.8, 4) is 0 Å². The molecule has 0 atom stereocenters. The molecular formula is C13H12Cl2FN3O. The van der Waals surface area contributed by atoms with Crippen molar-refractivity contribution in [2.24, 2.45) is 0 Å². The third kappa shape index (κ3) is 3.49. The first-order valence-electron chi connectivity index (χ1n) is 5.84. The number of hydrogen-bond acceptors (Lipinski definition) is 2. The highest BCUT2D eigenvalue weighted by Gasteiger charge is 2.09. The molecule has 20 heavy (non-hydrogen) atoms. The number of hydrogen-bond donors (Lipinski definition) is 1. The van der Waals surface area contributed by atoms with Crippen LogP contribution in [0, 0.1) is 12.7 Å². The van der Waals surface area contributed by atoms with Crippen LogP contribution in [-0.2, 0) is 11.3 Å². The van der Waals surface area contributed by atoms with Crippen molar-refractivity contribution in [3.05, 3.63) is 46.4 Å². The van der Waals surface area contributed by atoms with Gasteiger partial charge in [0.1, 0.15) is 11.7 Å². The number of carbonyl (C=O) groups is 1. The summed E-state index contributed by atoms with van der Waals surface area (Å²) in [4.78, 5) is 11.2. The molecule has 0 fully saturated rings. The van der Waals surface area contributed by atoms with Gasteiger partial charge in [0.25, 0.3) is 0 Å². The fourth-order valence-corrected chi connectivity index (χ4v) is 2.01. The summed E-state index contributed by atoms with van der Waals surface area (Å²) in [6, 6.07) is 5.93. The lowest BCUT2D eigenvalue weighted by atomic mass is 10.2. The van der Waals surface area contributed by atoms with E-state index in [0.717, 1.165) is 11.3 Å². The van der Waals surface area contributed by atoms with E-state index in [1.165, 1.54) is 12.1 Å². The molecule has 2 aromatic rings. The molecule has 2 rings (SSSR count). The van der Waals surface area contributed by atoms with Gasteiger partial charge in [-0.3, -0.25) is 9.48 Å². The lowest BCUT2D eigenvalue weighted by Crippen LogP contribution is -2.13. The Balaban J connectivity index is 2.19. The number of benzene rings is 1. The second-order valence-corrected chi connectivity index (χ2v) is 4.92. The molecule has 106 valence electrons. The van der Waals surface area contributed by atoms with Crippen molar-refractivity contribution in [2.75, 3.05) is 11.2 Å². The highest BCUT2D eigenvalue weighted by Crippen LogP contribution is 2.19. The molecule has 0 aliphatic rings. The Hall–Kier alpha value is -1.59. The van der Waals surface area contributed by atoms with Crippen LogP contribution >= 0.6 is 23.2 Å². The van der Waals surface area contributed by atoms with E-state index in [1.54, 1.807) is 16.8 Å². The summed E-state index contributed by atoms with van der Waals surface area (Å²) in [5.41, 5.74) is 1.59. The molecule has 0 aliphatic heterocycles. The smallest absolute Gasteiger partial charge is 0.240 e. The van der Waals surface area contributed by atoms with E-state index in [4.69, 9.17) is 23.2 Å². The SMILES string of the molecule is Cc1cc(NC(=O)CCl)nn1Cc1ccc(F)cc1Cl. The Morgan fingerprint density at radius 3 is 2.85 bits per heavy atom. The van der Waals surface area contributed by atoms with Crippen molar-refractivity contribution < 1.29 is 9.18 Å². The molecule has 0 radical (unpaired) electrons. The van der Waals surface area contributed by atoms with Crippen molar-refractivity contribution in [1.82, 2.24) is 9.78 Å². The maximum atomic E-state index is 13.0. The van der Waals surface area contributed by atoms with E-state index in [9.17, 15) is 9.18 Å². The van der Waals surface area contributed by atoms with Gasteiger partial charge in [-0.05, 0) is 24.6 Å². The lowest BCUT2D eigenvalue weighted by molar-refractivity contribution is -0.113. The number of carbonyl (C=O) groups excluding carboxylic acids is 1. The normalized spacial score (nSPS) is 10.6. The number of aryl methyl sites for hydroxylation is 1. The van der Waals surface area contributed by atoms with Gasteiger partial charge in [0.15, 0.2) is 5.82 Å². The first kappa shape index (κ1) is 14.8. The zero-order chi connectivity index (χ0) is 14.7. The summed E-state index contributed by atoms with van der Waals surface area (Å²) in [6.45, 7) is 2.24. The summed E-state index contributed by atoms with van der Waals surface area (Å²) in [5.74, 6) is -0.413. The minimum Gasteiger partial charge on any atom is -0.308 e. The van der Waals surface area contributed by atoms with E-state index in [-0.39, 0.29) is 17.6 Å². The lowest BCUT2D eigenvalue weighted by Gasteiger charge is -2.06. The third-order valence-electron chi connectivity index (χ3n) is 2.71. The molecule has 0 unspecified atom stereocenters. The minimum absolute atomic E-state index is 0.129. The predicted molar refractivity (Wildman–Crippen MR) is 76.8 cm³/mol. The zero-order valence-electron chi connectivity index (χ0n) is 10.7. The molecule has 1 amide bonds. The molecule has 0 spiro atoms. The average Bonchev–Trinajstić information content (AvgIpc) is 2.73. The van der Waals surface area contributed by atoms with E-state index < -0.39 is 0 Å². The van der Waals surface area contributed by atoms with E-state index >= 15 is 0 Å². The average molecular weight is 316 g/mol. The van der Waals surface area contributed by atoms with Crippen LogP contribution in [0.5, 0.6) is 0 Å². The summed E-state index contributed by atoms with van der Waals surface area (Å²) in [6.07, 6.45) is 0. The monoisotopic (exact) mass is 315 g/mol. The first-order valence-corrected chi connectivity index (χ1v) is 6.75. The molecule has 0 saturated carbocycles. The Kier molecular flexibility index (Phi) is 4.62. The molecule has 1 aromatic carbocycles. The maximum absolute atomic E-state index is 13.0. The molecule has 1 aromatic heterocycles. The zero-order valence-corrected chi connectivity index (χ0v) is 12.2. The van der Waals surface area contributed by atoms with Crippen LogP contribution in [-0.4, -0.2) is 21.6 Å². The van der Waals surface area contributed by atoms with Crippen LogP contribution in [0.3, 0.4) is 0 Å². The second kappa shape index (κ2) is 6.24. The van der Waals surface area contributed by atoms with Gasteiger partial charge in [-0.1, -0.05) is 17.7 Å². The maximum Gasteiger partial charge on any atom is 0.240 e. The van der Waals surface area contributed by atoms with Crippen molar-refractivity contribution >= 4 is 34.9 Å². The Morgan fingerprint density at radius 1 is 1.45 bits per heavy atom. The largest absolute Gasteiger partial charge is 0.308 e. The Labute approximate surface area is 125 Å². The van der Waals surface area contributed by atoms with Crippen LogP contribution in [0.1, 0.15) is 11.3 Å². The summed E-state index contributed by atoms with van der Waals surface area (Å²) in [5, 5.41) is 7.14. The van der Waals surface area contributed by atoms with Crippen LogP contribution < -0.4 is 5.32 Å². The van der Waals surface area contributed by atoms with Gasteiger partial charge in [-0.25, -0.2) is 4.39 Å². The Morgan fingerprint density at radius 2 is 2.20 bits per heavy atom. The quantitative estimate of drug-likeness (QED) is 0.881. The summed E-state index contributed by atoms with van der Waals surface area (Å²) < 4.78 is 14.7. The first-order chi connectivity index (χ1) is 9.49. The molecule has 1 N–H and O–H groups in total. The topological polar surface area (TPSA) is 46.9 Å². The van der Waals surface area contributed by atoms with Crippen molar-refractivity contribution in [2.45, 2.75) is 13.5 Å². The highest BCUT2D eigenvalue weighted by atomic mass is 35.5. The number of anilines is 1. The van der Waals surface area contributed by atoms with Gasteiger partial charge in [0, 0.05) is 16.8 Å². The van der Waals surface area contributed by atoms with E-state index in [1.807, 2.05) is 6.92 Å². The summed E-state index contributed by atoms with van der Waals surface area (Å²) >= 11 is 11.4. The predicted octanol–water partition coefficient (Wildman–Crippen LogP) is 3.21. The van der Waals surface area contributed by atoms with Crippen molar-refractivity contribution in [3.63, 3.8) is 0 Å². The van der Waals surface area contributed by atoms with Gasteiger partial charge in [-0.15, -0.1) is 11.6 Å². The minimum atomic E-state index is -0.383. The highest BCUT2D eigenvalue weighted by molar-refractivity contribution is 6.31. The van der Waals surface area contributed by atoms with Crippen LogP contribution in [0.15, 0.2) is 24.3 Å². The second-order valence-electron chi connectivity index (χ2n) is 4.25. The number of alkyl halides is 1. The fraction of sp³-hybridized carbons (Fsp3) is 0.231. The molecular weight excluding hydrogens is 304 g/mol. The molecule has 4 nitrogen and oxygen atoms in total. The van der Waals surface area contributed by atoms with Crippen LogP contribution in [0.4, 0.5) is 10.2 Å². The van der Waals surface area contributed by atoms with E-state index in [0.29, 0.717) is 17.4 Å². The van der Waals surface area contributed by atoms with Gasteiger partial charge < -0.3 is 5.32 Å². The number of amides is 1. The van der Waals surface area contributed by atoms with Gasteiger partial charge in [0.05, 0.1) is 6.54 Å². The number of nitrogens with one attached hydrogen (secondary N) is 1. The van der Waals surface area contributed by atoms with Crippen molar-refractivity contribution in [1.29, 1.82) is 0 Å². The molecule has 1 heterocycles. The number of aromatic nitrogens is 2. The molecule has 0 aliphatic carbocycles. The summed E-state index contributed by atoms with van der Waals surface area (Å²) in [7, 11) is 0. The third-order valence-corrected chi connectivity index (χ3v) is 3.30. The van der Waals surface area contributed by atoms with Crippen LogP contribution in [0.2, 0.25) is 5.02 Å². The number of halogens is 3. The standard InChI is InChI=1S/C13H12Cl2FN3O/c1-8-4-12(17-13(20)6-14)18-19(8)7-9-2-3-10(16)5-11(9)15/h2-5H,6-7H2,1H3,(H,17,18,20). The molecule has 0 bridgehead atoms. The van der Waals surface area contributed by atoms with Gasteiger partial charge in [-0.2, -0.15) is 5.10 Å². The van der Waals surface area contributed by atoms with E-state index in [2.05, 4.69) is 10.4 Å². The number of nitrogens with zero attached hydrogens (tertiary/aromatic N) is 2. The van der Waals surface area contributed by atoms with Gasteiger partial charge >= 0.3 is 0 Å². The van der Waals surface area contributed by atoms with Crippen LogP contribution in [0.25, 0.3) is 0 Å². The van der Waals surface area contributed by atoms with Gasteiger partial charge in [0.2, 0.25) is 5.91 Å². The fourth-order valence-electron chi connectivity index (χ4n) is 1.72. The Bertz CT molecular complexity index is 643. The number of rotatable bonds is 4. The molecule has 0 saturated heterocycles.